The summed E-state index contributed by atoms with van der Waals surface area (Å²) in [5.41, 5.74) is 2.43. The quantitative estimate of drug-likeness (QED) is 0.866. The Bertz CT molecular complexity index is 629. The van der Waals surface area contributed by atoms with Crippen LogP contribution in [0.1, 0.15) is 11.1 Å². The molecule has 0 spiro atoms. The molecule has 0 fully saturated rings. The fourth-order valence-corrected chi connectivity index (χ4v) is 2.21. The average molecular weight is 351 g/mol. The van der Waals surface area contributed by atoms with Gasteiger partial charge in [-0.2, -0.15) is 0 Å². The molecular weight excluding hydrogens is 335 g/mol. The van der Waals surface area contributed by atoms with E-state index in [0.29, 0.717) is 18.5 Å². The Morgan fingerprint density at radius 3 is 2.52 bits per heavy atom. The van der Waals surface area contributed by atoms with E-state index in [2.05, 4.69) is 26.6 Å². The van der Waals surface area contributed by atoms with Gasteiger partial charge in [0.15, 0.2) is 0 Å². The highest BCUT2D eigenvalue weighted by molar-refractivity contribution is 9.10. The van der Waals surface area contributed by atoms with Crippen molar-refractivity contribution in [3.05, 3.63) is 63.9 Å². The van der Waals surface area contributed by atoms with Gasteiger partial charge in [-0.1, -0.05) is 34.1 Å². The fourth-order valence-electron chi connectivity index (χ4n) is 1.88. The summed E-state index contributed by atoms with van der Waals surface area (Å²) in [4.78, 5) is 11.3. The molecule has 3 nitrogen and oxygen atoms in total. The van der Waals surface area contributed by atoms with E-state index in [1.165, 1.54) is 6.07 Å². The summed E-state index contributed by atoms with van der Waals surface area (Å²) in [7, 11) is 1.62. The molecule has 0 aliphatic carbocycles. The number of carbonyl (C=O) groups is 1. The highest BCUT2D eigenvalue weighted by atomic mass is 79.9. The topological polar surface area (TPSA) is 41.1 Å². The number of halogens is 2. The predicted molar refractivity (Wildman–Crippen MR) is 85.6 cm³/mol. The molecule has 0 radical (unpaired) electrons. The first-order valence-corrected chi connectivity index (χ1v) is 7.35. The maximum atomic E-state index is 13.7. The zero-order valence-corrected chi connectivity index (χ0v) is 13.2. The van der Waals surface area contributed by atoms with E-state index in [9.17, 15) is 9.18 Å². The lowest BCUT2D eigenvalue weighted by molar-refractivity contribution is -0.119. The second-order valence-corrected chi connectivity index (χ2v) is 5.55. The van der Waals surface area contributed by atoms with Crippen LogP contribution in [0.2, 0.25) is 0 Å². The third kappa shape index (κ3) is 4.56. The highest BCUT2D eigenvalue weighted by Gasteiger charge is 2.04. The van der Waals surface area contributed by atoms with Crippen molar-refractivity contribution >= 4 is 27.5 Å². The van der Waals surface area contributed by atoms with Gasteiger partial charge in [0.1, 0.15) is 5.82 Å². The van der Waals surface area contributed by atoms with Crippen molar-refractivity contribution in [3.8, 4) is 0 Å². The molecule has 1 amide bonds. The van der Waals surface area contributed by atoms with Crippen LogP contribution in [-0.4, -0.2) is 13.0 Å². The van der Waals surface area contributed by atoms with Gasteiger partial charge in [0.05, 0.1) is 6.42 Å². The number of hydrogen-bond donors (Lipinski definition) is 2. The minimum Gasteiger partial charge on any atom is -0.381 e. The van der Waals surface area contributed by atoms with Crippen molar-refractivity contribution in [1.82, 2.24) is 5.32 Å². The van der Waals surface area contributed by atoms with Crippen LogP contribution in [0.3, 0.4) is 0 Å². The Kier molecular flexibility index (Phi) is 5.33. The molecule has 0 bridgehead atoms. The fraction of sp³-hybridized carbons (Fsp3) is 0.188. The Morgan fingerprint density at radius 1 is 1.19 bits per heavy atom. The second kappa shape index (κ2) is 7.22. The normalized spacial score (nSPS) is 10.2. The first kappa shape index (κ1) is 15.5. The summed E-state index contributed by atoms with van der Waals surface area (Å²) in [6, 6.07) is 12.5. The first-order valence-electron chi connectivity index (χ1n) is 6.56. The largest absolute Gasteiger partial charge is 0.381 e. The number of anilines is 1. The zero-order valence-electron chi connectivity index (χ0n) is 11.6. The van der Waals surface area contributed by atoms with E-state index >= 15 is 0 Å². The lowest BCUT2D eigenvalue weighted by atomic mass is 10.1. The summed E-state index contributed by atoms with van der Waals surface area (Å²) in [5, 5.41) is 5.75. The summed E-state index contributed by atoms with van der Waals surface area (Å²) < 4.78 is 14.4. The molecule has 5 heteroatoms. The Morgan fingerprint density at radius 2 is 1.90 bits per heavy atom. The lowest BCUT2D eigenvalue weighted by Crippen LogP contribution is -2.19. The van der Waals surface area contributed by atoms with Crippen LogP contribution >= 0.6 is 15.9 Å². The maximum absolute atomic E-state index is 13.7. The summed E-state index contributed by atoms with van der Waals surface area (Å²) in [6.45, 7) is 0.411. The number of hydrogen-bond acceptors (Lipinski definition) is 2. The molecule has 0 heterocycles. The first-order chi connectivity index (χ1) is 10.1. The van der Waals surface area contributed by atoms with Gasteiger partial charge in [-0.15, -0.1) is 0 Å². The van der Waals surface area contributed by atoms with Gasteiger partial charge in [-0.25, -0.2) is 4.39 Å². The second-order valence-electron chi connectivity index (χ2n) is 4.64. The number of likely N-dealkylation sites (N-methyl/N-ethyl adjacent to an activating group) is 1. The van der Waals surface area contributed by atoms with Crippen molar-refractivity contribution in [1.29, 1.82) is 0 Å². The SMILES string of the molecule is CNC(=O)Cc1ccc(NCc2ccc(Br)cc2F)cc1. The molecule has 2 aromatic rings. The third-order valence-corrected chi connectivity index (χ3v) is 3.59. The minimum absolute atomic E-state index is 0.0207. The van der Waals surface area contributed by atoms with Gasteiger partial charge in [0, 0.05) is 29.3 Å². The molecule has 0 atom stereocenters. The molecule has 2 N–H and O–H groups in total. The lowest BCUT2D eigenvalue weighted by Gasteiger charge is -2.09. The minimum atomic E-state index is -0.242. The van der Waals surface area contributed by atoms with Gasteiger partial charge in [-0.05, 0) is 29.8 Å². The monoisotopic (exact) mass is 350 g/mol. The highest BCUT2D eigenvalue weighted by Crippen LogP contribution is 2.17. The van der Waals surface area contributed by atoms with Crippen molar-refractivity contribution in [3.63, 3.8) is 0 Å². The predicted octanol–water partition coefficient (Wildman–Crippen LogP) is 3.49. The Balaban J connectivity index is 1.96. The third-order valence-electron chi connectivity index (χ3n) is 3.10. The van der Waals surface area contributed by atoms with Crippen molar-refractivity contribution < 1.29 is 9.18 Å². The number of nitrogens with one attached hydrogen (secondary N) is 2. The molecule has 0 aliphatic rings. The van der Waals surface area contributed by atoms with Crippen LogP contribution in [0.5, 0.6) is 0 Å². The molecule has 2 rings (SSSR count). The van der Waals surface area contributed by atoms with Gasteiger partial charge < -0.3 is 10.6 Å². The zero-order chi connectivity index (χ0) is 15.2. The smallest absolute Gasteiger partial charge is 0.224 e. The Labute approximate surface area is 131 Å². The molecular formula is C16H16BrFN2O. The Hall–Kier alpha value is -1.88. The van der Waals surface area contributed by atoms with Crippen molar-refractivity contribution in [2.45, 2.75) is 13.0 Å². The van der Waals surface area contributed by atoms with E-state index in [1.807, 2.05) is 30.3 Å². The van der Waals surface area contributed by atoms with Crippen LogP contribution in [-0.2, 0) is 17.8 Å². The van der Waals surface area contributed by atoms with Crippen molar-refractivity contribution in [2.24, 2.45) is 0 Å². The van der Waals surface area contributed by atoms with Crippen LogP contribution in [0.4, 0.5) is 10.1 Å². The molecule has 0 saturated carbocycles. The van der Waals surface area contributed by atoms with E-state index in [-0.39, 0.29) is 11.7 Å². The van der Waals surface area contributed by atoms with E-state index < -0.39 is 0 Å². The molecule has 21 heavy (non-hydrogen) atoms. The number of carbonyl (C=O) groups excluding carboxylic acids is 1. The maximum Gasteiger partial charge on any atom is 0.224 e. The molecule has 2 aromatic carbocycles. The molecule has 0 aliphatic heterocycles. The van der Waals surface area contributed by atoms with E-state index in [1.54, 1.807) is 13.1 Å². The number of benzene rings is 2. The molecule has 0 unspecified atom stereocenters. The van der Waals surface area contributed by atoms with Gasteiger partial charge in [-0.3, -0.25) is 4.79 Å². The van der Waals surface area contributed by atoms with Gasteiger partial charge >= 0.3 is 0 Å². The van der Waals surface area contributed by atoms with E-state index in [4.69, 9.17) is 0 Å². The van der Waals surface area contributed by atoms with Crippen LogP contribution in [0.15, 0.2) is 46.9 Å². The van der Waals surface area contributed by atoms with E-state index in [0.717, 1.165) is 15.7 Å². The molecule has 0 aromatic heterocycles. The molecule has 0 saturated heterocycles. The van der Waals surface area contributed by atoms with Gasteiger partial charge in [0.2, 0.25) is 5.91 Å². The van der Waals surface area contributed by atoms with Gasteiger partial charge in [0.25, 0.3) is 0 Å². The molecule has 110 valence electrons. The average Bonchev–Trinajstić information content (AvgIpc) is 2.48. The van der Waals surface area contributed by atoms with Crippen molar-refractivity contribution in [2.75, 3.05) is 12.4 Å². The number of rotatable bonds is 5. The van der Waals surface area contributed by atoms with Crippen LogP contribution in [0.25, 0.3) is 0 Å². The summed E-state index contributed by atoms with van der Waals surface area (Å²) >= 11 is 3.23. The summed E-state index contributed by atoms with van der Waals surface area (Å²) in [5.74, 6) is -0.263. The van der Waals surface area contributed by atoms with Crippen LogP contribution in [0, 0.1) is 5.82 Å². The summed E-state index contributed by atoms with van der Waals surface area (Å²) in [6.07, 6.45) is 0.359. The van der Waals surface area contributed by atoms with Crippen LogP contribution < -0.4 is 10.6 Å². The number of amides is 1. The standard InChI is InChI=1S/C16H16BrFN2O/c1-19-16(21)8-11-2-6-14(7-3-11)20-10-12-4-5-13(17)9-15(12)18/h2-7,9,20H,8,10H2,1H3,(H,19,21).